The van der Waals surface area contributed by atoms with Crippen LogP contribution < -0.4 is 10.6 Å². The third kappa shape index (κ3) is 3.28. The molecule has 1 aliphatic rings. The van der Waals surface area contributed by atoms with Gasteiger partial charge >= 0.3 is 0 Å². The molecule has 1 aromatic heterocycles. The third-order valence-electron chi connectivity index (χ3n) is 3.72. The molecular formula is C15H23N3O2. The maximum absolute atomic E-state index is 12.3. The van der Waals surface area contributed by atoms with Gasteiger partial charge in [0.15, 0.2) is 0 Å². The molecule has 1 amide bonds. The van der Waals surface area contributed by atoms with Gasteiger partial charge in [-0.25, -0.2) is 4.98 Å². The summed E-state index contributed by atoms with van der Waals surface area (Å²) in [5.41, 5.74) is 1.58. The number of hydrogen-bond acceptors (Lipinski definition) is 4. The summed E-state index contributed by atoms with van der Waals surface area (Å²) >= 11 is 0. The molecule has 1 heterocycles. The highest BCUT2D eigenvalue weighted by atomic mass is 16.5. The van der Waals surface area contributed by atoms with Gasteiger partial charge in [-0.3, -0.25) is 4.79 Å². The monoisotopic (exact) mass is 277 g/mol. The number of pyridine rings is 1. The summed E-state index contributed by atoms with van der Waals surface area (Å²) in [6.45, 7) is 4.14. The van der Waals surface area contributed by atoms with E-state index < -0.39 is 0 Å². The Labute approximate surface area is 120 Å². The van der Waals surface area contributed by atoms with Gasteiger partial charge in [-0.05, 0) is 30.9 Å². The van der Waals surface area contributed by atoms with Gasteiger partial charge in [-0.1, -0.05) is 13.8 Å². The zero-order valence-corrected chi connectivity index (χ0v) is 12.6. The van der Waals surface area contributed by atoms with Crippen molar-refractivity contribution in [2.75, 3.05) is 19.5 Å². The van der Waals surface area contributed by atoms with Crippen LogP contribution in [0.25, 0.3) is 0 Å². The Bertz CT molecular complexity index is 482. The molecule has 2 rings (SSSR count). The van der Waals surface area contributed by atoms with Gasteiger partial charge in [0.05, 0.1) is 6.10 Å². The maximum atomic E-state index is 12.3. The molecule has 2 N–H and O–H groups in total. The molecule has 0 saturated heterocycles. The van der Waals surface area contributed by atoms with Crippen LogP contribution in [0.15, 0.2) is 12.1 Å². The van der Waals surface area contributed by atoms with Crippen molar-refractivity contribution in [1.29, 1.82) is 0 Å². The van der Waals surface area contributed by atoms with Crippen molar-refractivity contribution in [3.05, 3.63) is 23.4 Å². The average Bonchev–Trinajstić information content (AvgIpc) is 2.41. The largest absolute Gasteiger partial charge is 0.381 e. The Hall–Kier alpha value is -1.62. The molecule has 20 heavy (non-hydrogen) atoms. The highest BCUT2D eigenvalue weighted by Gasteiger charge is 2.30. The molecule has 0 aliphatic heterocycles. The van der Waals surface area contributed by atoms with Crippen LogP contribution in [0.4, 0.5) is 5.82 Å². The second-order valence-corrected chi connectivity index (χ2v) is 5.57. The van der Waals surface area contributed by atoms with Crippen LogP contribution in [0.5, 0.6) is 0 Å². The van der Waals surface area contributed by atoms with E-state index in [2.05, 4.69) is 29.5 Å². The molecule has 0 spiro atoms. The lowest BCUT2D eigenvalue weighted by Crippen LogP contribution is -2.47. The number of amides is 1. The normalized spacial score (nSPS) is 21.4. The lowest BCUT2D eigenvalue weighted by Gasteiger charge is -2.34. The minimum absolute atomic E-state index is 0.0367. The van der Waals surface area contributed by atoms with E-state index in [1.54, 1.807) is 13.2 Å². The second-order valence-electron chi connectivity index (χ2n) is 5.57. The summed E-state index contributed by atoms with van der Waals surface area (Å²) in [5.74, 6) is 0.978. The summed E-state index contributed by atoms with van der Waals surface area (Å²) in [5, 5.41) is 6.04. The maximum Gasteiger partial charge on any atom is 0.251 e. The minimum atomic E-state index is -0.0367. The van der Waals surface area contributed by atoms with Crippen molar-refractivity contribution >= 4 is 11.7 Å². The van der Waals surface area contributed by atoms with Crippen molar-refractivity contribution < 1.29 is 9.53 Å². The highest BCUT2D eigenvalue weighted by molar-refractivity contribution is 5.95. The molecule has 1 fully saturated rings. The van der Waals surface area contributed by atoms with Gasteiger partial charge in [0.1, 0.15) is 5.82 Å². The van der Waals surface area contributed by atoms with Crippen LogP contribution in [0.2, 0.25) is 0 Å². The first kappa shape index (κ1) is 14.8. The predicted molar refractivity (Wildman–Crippen MR) is 79.2 cm³/mol. The minimum Gasteiger partial charge on any atom is -0.381 e. The fraction of sp³-hybridized carbons (Fsp3) is 0.600. The molecule has 0 atom stereocenters. The van der Waals surface area contributed by atoms with Crippen molar-refractivity contribution in [3.8, 4) is 0 Å². The number of hydrogen-bond donors (Lipinski definition) is 2. The summed E-state index contributed by atoms with van der Waals surface area (Å²) in [4.78, 5) is 16.7. The molecular weight excluding hydrogens is 254 g/mol. The summed E-state index contributed by atoms with van der Waals surface area (Å²) in [6.07, 6.45) is 2.07. The fourth-order valence-corrected chi connectivity index (χ4v) is 2.25. The molecule has 5 nitrogen and oxygen atoms in total. The third-order valence-corrected chi connectivity index (χ3v) is 3.72. The van der Waals surface area contributed by atoms with Gasteiger partial charge < -0.3 is 15.4 Å². The first-order valence-corrected chi connectivity index (χ1v) is 7.07. The number of nitrogens with zero attached hydrogens (tertiary/aromatic N) is 1. The van der Waals surface area contributed by atoms with Crippen LogP contribution in [0.1, 0.15) is 48.7 Å². The molecule has 5 heteroatoms. The first-order chi connectivity index (χ1) is 9.53. The van der Waals surface area contributed by atoms with E-state index in [9.17, 15) is 4.79 Å². The molecule has 0 aromatic carbocycles. The Morgan fingerprint density at radius 1 is 1.40 bits per heavy atom. The van der Waals surface area contributed by atoms with E-state index in [0.29, 0.717) is 5.56 Å². The van der Waals surface area contributed by atoms with Gasteiger partial charge in [-0.15, -0.1) is 0 Å². The van der Waals surface area contributed by atoms with Crippen LogP contribution in [0.3, 0.4) is 0 Å². The number of carbonyl (C=O) groups is 1. The molecule has 110 valence electrons. The Kier molecular flexibility index (Phi) is 4.60. The Balaban J connectivity index is 2.07. The quantitative estimate of drug-likeness (QED) is 0.865. The topological polar surface area (TPSA) is 63.2 Å². The average molecular weight is 277 g/mol. The van der Waals surface area contributed by atoms with Crippen molar-refractivity contribution in [2.45, 2.75) is 44.8 Å². The first-order valence-electron chi connectivity index (χ1n) is 7.07. The summed E-state index contributed by atoms with van der Waals surface area (Å²) < 4.78 is 5.22. The molecule has 0 bridgehead atoms. The predicted octanol–water partition coefficient (Wildman–Crippen LogP) is 2.15. The van der Waals surface area contributed by atoms with E-state index in [-0.39, 0.29) is 24.0 Å². The number of ether oxygens (including phenoxy) is 1. The number of methoxy groups -OCH3 is 1. The van der Waals surface area contributed by atoms with Gasteiger partial charge in [0.25, 0.3) is 5.91 Å². The Morgan fingerprint density at radius 2 is 2.10 bits per heavy atom. The van der Waals surface area contributed by atoms with Gasteiger partial charge in [-0.2, -0.15) is 0 Å². The molecule has 0 unspecified atom stereocenters. The van der Waals surface area contributed by atoms with E-state index in [1.165, 1.54) is 0 Å². The van der Waals surface area contributed by atoms with Crippen molar-refractivity contribution in [3.63, 3.8) is 0 Å². The van der Waals surface area contributed by atoms with Gasteiger partial charge in [0.2, 0.25) is 0 Å². The number of carbonyl (C=O) groups excluding carboxylic acids is 1. The van der Waals surface area contributed by atoms with Crippen LogP contribution in [0, 0.1) is 0 Å². The van der Waals surface area contributed by atoms with Crippen LogP contribution in [-0.2, 0) is 4.74 Å². The number of aromatic nitrogens is 1. The molecule has 1 aromatic rings. The highest BCUT2D eigenvalue weighted by Crippen LogP contribution is 2.23. The summed E-state index contributed by atoms with van der Waals surface area (Å²) in [6, 6.07) is 3.88. The van der Waals surface area contributed by atoms with E-state index >= 15 is 0 Å². The second kappa shape index (κ2) is 6.22. The number of rotatable bonds is 5. The van der Waals surface area contributed by atoms with Crippen LogP contribution >= 0.6 is 0 Å². The van der Waals surface area contributed by atoms with E-state index in [1.807, 2.05) is 13.1 Å². The SMILES string of the molecule is CNc1cc(C(=O)NC2CC(OC)C2)cc(C(C)C)n1. The van der Waals surface area contributed by atoms with E-state index in [0.717, 1.165) is 24.4 Å². The molecule has 0 radical (unpaired) electrons. The summed E-state index contributed by atoms with van der Waals surface area (Å²) in [7, 11) is 3.52. The smallest absolute Gasteiger partial charge is 0.251 e. The number of anilines is 1. The zero-order chi connectivity index (χ0) is 14.7. The molecule has 1 saturated carbocycles. The lowest BCUT2D eigenvalue weighted by atomic mass is 9.89. The lowest BCUT2D eigenvalue weighted by molar-refractivity contribution is 0.0176. The zero-order valence-electron chi connectivity index (χ0n) is 12.6. The molecule has 1 aliphatic carbocycles. The standard InChI is InChI=1S/C15H23N3O2/c1-9(2)13-5-10(6-14(16-3)18-13)15(19)17-11-7-12(8-11)20-4/h5-6,9,11-12H,7-8H2,1-4H3,(H,16,18)(H,17,19). The van der Waals surface area contributed by atoms with E-state index in [4.69, 9.17) is 4.74 Å². The van der Waals surface area contributed by atoms with Crippen molar-refractivity contribution in [1.82, 2.24) is 10.3 Å². The number of nitrogens with one attached hydrogen (secondary N) is 2. The Morgan fingerprint density at radius 3 is 2.65 bits per heavy atom. The van der Waals surface area contributed by atoms with Crippen LogP contribution in [-0.4, -0.2) is 37.2 Å². The van der Waals surface area contributed by atoms with Gasteiger partial charge in [0, 0.05) is 31.5 Å². The fourth-order valence-electron chi connectivity index (χ4n) is 2.25. The van der Waals surface area contributed by atoms with Crippen molar-refractivity contribution in [2.24, 2.45) is 0 Å².